The van der Waals surface area contributed by atoms with Crippen LogP contribution in [-0.2, 0) is 20.8 Å². The minimum atomic E-state index is 0.0204. The van der Waals surface area contributed by atoms with Gasteiger partial charge in [-0.15, -0.1) is 0 Å². The molecule has 1 aromatic carbocycles. The van der Waals surface area contributed by atoms with Gasteiger partial charge >= 0.3 is 0 Å². The second-order valence-electron chi connectivity index (χ2n) is 9.66. The Morgan fingerprint density at radius 2 is 2.00 bits per heavy atom. The number of aromatic amines is 1. The fourth-order valence-corrected chi connectivity index (χ4v) is 4.89. The summed E-state index contributed by atoms with van der Waals surface area (Å²) in [6, 6.07) is 10.0. The molecular formula is C28H28N6O4. The van der Waals surface area contributed by atoms with E-state index in [0.29, 0.717) is 37.6 Å². The van der Waals surface area contributed by atoms with Crippen LogP contribution in [-0.4, -0.2) is 76.2 Å². The number of likely N-dealkylation sites (tertiary alicyclic amines) is 1. The van der Waals surface area contributed by atoms with Crippen molar-refractivity contribution in [3.63, 3.8) is 0 Å². The van der Waals surface area contributed by atoms with Crippen LogP contribution in [0.3, 0.4) is 0 Å². The maximum atomic E-state index is 12.5. The van der Waals surface area contributed by atoms with Gasteiger partial charge in [0.25, 0.3) is 0 Å². The van der Waals surface area contributed by atoms with Gasteiger partial charge in [0.15, 0.2) is 0 Å². The number of aromatic nitrogens is 4. The number of pyridine rings is 1. The summed E-state index contributed by atoms with van der Waals surface area (Å²) in [5, 5.41) is 15.1. The van der Waals surface area contributed by atoms with Gasteiger partial charge in [-0.1, -0.05) is 6.07 Å². The number of amides is 1. The molecule has 38 heavy (non-hydrogen) atoms. The van der Waals surface area contributed by atoms with Crippen molar-refractivity contribution in [2.75, 3.05) is 33.4 Å². The van der Waals surface area contributed by atoms with E-state index >= 15 is 0 Å². The lowest BCUT2D eigenvalue weighted by Gasteiger charge is -2.38. The Labute approximate surface area is 219 Å². The third-order valence-electron chi connectivity index (χ3n) is 7.20. The summed E-state index contributed by atoms with van der Waals surface area (Å²) < 4.78 is 18.4. The van der Waals surface area contributed by atoms with Crippen molar-refractivity contribution in [3.8, 4) is 34.1 Å². The van der Waals surface area contributed by atoms with Crippen LogP contribution in [0.1, 0.15) is 18.4 Å². The number of methoxy groups -OCH3 is 1. The fourth-order valence-electron chi connectivity index (χ4n) is 4.89. The van der Waals surface area contributed by atoms with Gasteiger partial charge in [-0.2, -0.15) is 10.4 Å². The number of nitrogens with zero attached hydrogens (tertiary/aromatic N) is 5. The van der Waals surface area contributed by atoms with Gasteiger partial charge in [-0.05, 0) is 23.8 Å². The number of hydrogen-bond acceptors (Lipinski definition) is 7. The lowest BCUT2D eigenvalue weighted by atomic mass is 10.0. The van der Waals surface area contributed by atoms with E-state index in [4.69, 9.17) is 14.2 Å². The highest BCUT2D eigenvalue weighted by atomic mass is 16.5. The van der Waals surface area contributed by atoms with Gasteiger partial charge in [0.1, 0.15) is 30.1 Å². The van der Waals surface area contributed by atoms with Crippen LogP contribution in [0.15, 0.2) is 49.1 Å². The maximum absolute atomic E-state index is 12.5. The summed E-state index contributed by atoms with van der Waals surface area (Å²) in [7, 11) is 1.66. The zero-order valence-electron chi connectivity index (χ0n) is 21.1. The first-order valence-electron chi connectivity index (χ1n) is 12.7. The van der Waals surface area contributed by atoms with Crippen LogP contribution in [0.5, 0.6) is 5.75 Å². The third-order valence-corrected chi connectivity index (χ3v) is 7.20. The number of nitriles is 1. The van der Waals surface area contributed by atoms with Gasteiger partial charge in [0.2, 0.25) is 5.91 Å². The van der Waals surface area contributed by atoms with Crippen molar-refractivity contribution in [1.82, 2.24) is 24.6 Å². The van der Waals surface area contributed by atoms with E-state index < -0.39 is 0 Å². The standard InChI is InChI=1S/C28H28N6O4/c1-36-23-15-33(16-23)27(35)17-34-14-21(12-32-34)20-9-24-25(13-31-28(24)30-11-20)18-2-3-26(19(8-18)10-29)38-22-4-6-37-7-5-22/h2-3,8-9,11-14,22-23H,4-7,15-17H2,1H3,(H,30,31). The highest BCUT2D eigenvalue weighted by Gasteiger charge is 2.30. The molecule has 194 valence electrons. The minimum absolute atomic E-state index is 0.0204. The first kappa shape index (κ1) is 24.2. The molecule has 10 heteroatoms. The monoisotopic (exact) mass is 512 g/mol. The molecule has 0 bridgehead atoms. The molecule has 5 heterocycles. The number of fused-ring (bicyclic) bond motifs is 1. The lowest BCUT2D eigenvalue weighted by Crippen LogP contribution is -2.55. The molecule has 0 spiro atoms. The van der Waals surface area contributed by atoms with Crippen molar-refractivity contribution >= 4 is 16.9 Å². The van der Waals surface area contributed by atoms with E-state index in [1.807, 2.05) is 30.6 Å². The van der Waals surface area contributed by atoms with Crippen molar-refractivity contribution in [3.05, 3.63) is 54.6 Å². The van der Waals surface area contributed by atoms with Crippen molar-refractivity contribution in [2.24, 2.45) is 0 Å². The number of H-pyrrole nitrogens is 1. The first-order valence-corrected chi connectivity index (χ1v) is 12.7. The van der Waals surface area contributed by atoms with Crippen LogP contribution in [0.4, 0.5) is 0 Å². The fraction of sp³-hybridized carbons (Fsp3) is 0.357. The molecule has 6 rings (SSSR count). The van der Waals surface area contributed by atoms with E-state index in [2.05, 4.69) is 27.2 Å². The summed E-state index contributed by atoms with van der Waals surface area (Å²) in [4.78, 5) is 22.1. The van der Waals surface area contributed by atoms with Gasteiger partial charge in [-0.3, -0.25) is 9.48 Å². The molecule has 2 aliphatic rings. The molecule has 0 atom stereocenters. The molecule has 0 unspecified atom stereocenters. The predicted octanol–water partition coefficient (Wildman–Crippen LogP) is 3.38. The summed E-state index contributed by atoms with van der Waals surface area (Å²) in [6.07, 6.45) is 9.12. The molecule has 0 aliphatic carbocycles. The second-order valence-corrected chi connectivity index (χ2v) is 9.66. The van der Waals surface area contributed by atoms with Crippen LogP contribution in [0.2, 0.25) is 0 Å². The maximum Gasteiger partial charge on any atom is 0.244 e. The summed E-state index contributed by atoms with van der Waals surface area (Å²) in [5.41, 5.74) is 4.85. The molecule has 2 aliphatic heterocycles. The predicted molar refractivity (Wildman–Crippen MR) is 139 cm³/mol. The summed E-state index contributed by atoms with van der Waals surface area (Å²) >= 11 is 0. The van der Waals surface area contributed by atoms with E-state index in [1.54, 1.807) is 29.1 Å². The van der Waals surface area contributed by atoms with Gasteiger partial charge in [0.05, 0.1) is 31.1 Å². The zero-order chi connectivity index (χ0) is 26.1. The molecule has 4 aromatic rings. The average Bonchev–Trinajstić information content (AvgIpc) is 3.56. The van der Waals surface area contributed by atoms with E-state index in [-0.39, 0.29) is 24.7 Å². The first-order chi connectivity index (χ1) is 18.6. The normalized spacial score (nSPS) is 16.4. The Kier molecular flexibility index (Phi) is 6.54. The highest BCUT2D eigenvalue weighted by molar-refractivity contribution is 5.96. The number of carbonyl (C=O) groups is 1. The molecule has 1 amide bonds. The van der Waals surface area contributed by atoms with E-state index in [9.17, 15) is 10.1 Å². The van der Waals surface area contributed by atoms with Gasteiger partial charge in [0, 0.05) is 73.7 Å². The Morgan fingerprint density at radius 1 is 1.16 bits per heavy atom. The molecule has 1 N–H and O–H groups in total. The number of benzene rings is 1. The Bertz CT molecular complexity index is 1510. The van der Waals surface area contributed by atoms with Crippen molar-refractivity contribution in [2.45, 2.75) is 31.6 Å². The largest absolute Gasteiger partial charge is 0.489 e. The van der Waals surface area contributed by atoms with Crippen LogP contribution in [0, 0.1) is 11.3 Å². The van der Waals surface area contributed by atoms with E-state index in [1.165, 1.54) is 0 Å². The van der Waals surface area contributed by atoms with Crippen LogP contribution in [0.25, 0.3) is 33.3 Å². The SMILES string of the molecule is COC1CN(C(=O)Cn2cc(-c3cnc4[nH]cc(-c5ccc(OC6CCOCC6)c(C#N)c5)c4c3)cn2)C1. The molecule has 0 saturated carbocycles. The molecule has 2 fully saturated rings. The molecular weight excluding hydrogens is 484 g/mol. The molecule has 0 radical (unpaired) electrons. The Balaban J connectivity index is 1.22. The Morgan fingerprint density at radius 3 is 2.79 bits per heavy atom. The topological polar surface area (TPSA) is 118 Å². The third kappa shape index (κ3) is 4.74. The highest BCUT2D eigenvalue weighted by Crippen LogP contribution is 2.34. The number of rotatable bonds is 7. The molecule has 10 nitrogen and oxygen atoms in total. The summed E-state index contributed by atoms with van der Waals surface area (Å²) in [5.74, 6) is 0.617. The summed E-state index contributed by atoms with van der Waals surface area (Å²) in [6.45, 7) is 2.78. The smallest absolute Gasteiger partial charge is 0.244 e. The number of carbonyl (C=O) groups excluding carboxylic acids is 1. The average molecular weight is 513 g/mol. The quantitative estimate of drug-likeness (QED) is 0.403. The van der Waals surface area contributed by atoms with Crippen LogP contribution >= 0.6 is 0 Å². The lowest BCUT2D eigenvalue weighted by molar-refractivity contribution is -0.143. The van der Waals surface area contributed by atoms with Crippen molar-refractivity contribution < 1.29 is 19.0 Å². The van der Waals surface area contributed by atoms with Crippen LogP contribution < -0.4 is 4.74 Å². The zero-order valence-corrected chi connectivity index (χ0v) is 21.1. The Hall–Kier alpha value is -4.20. The number of nitrogens with one attached hydrogen (secondary N) is 1. The number of ether oxygens (including phenoxy) is 3. The molecule has 3 aromatic heterocycles. The van der Waals surface area contributed by atoms with Gasteiger partial charge < -0.3 is 24.1 Å². The minimum Gasteiger partial charge on any atom is -0.489 e. The second kappa shape index (κ2) is 10.3. The van der Waals surface area contributed by atoms with Gasteiger partial charge in [-0.25, -0.2) is 4.98 Å². The molecule has 2 saturated heterocycles. The van der Waals surface area contributed by atoms with E-state index in [0.717, 1.165) is 46.1 Å². The number of hydrogen-bond donors (Lipinski definition) is 1. The van der Waals surface area contributed by atoms with Crippen molar-refractivity contribution in [1.29, 1.82) is 5.26 Å².